The molecule has 0 aromatic heterocycles. The normalized spacial score (nSPS) is 15.7. The van der Waals surface area contributed by atoms with Gasteiger partial charge in [0, 0.05) is 18.7 Å². The van der Waals surface area contributed by atoms with Crippen LogP contribution in [0.25, 0.3) is 11.1 Å². The van der Waals surface area contributed by atoms with E-state index in [2.05, 4.69) is 36.5 Å². The van der Waals surface area contributed by atoms with Gasteiger partial charge < -0.3 is 15.0 Å². The SMILES string of the molecule is Cc1ccc(-c2ccc(C(=O)N3CCNC(=O)CCOC3)cc2)cc1. The number of carbonyl (C=O) groups is 2. The van der Waals surface area contributed by atoms with Gasteiger partial charge in [-0.3, -0.25) is 9.59 Å². The van der Waals surface area contributed by atoms with Crippen molar-refractivity contribution in [3.8, 4) is 11.1 Å². The maximum Gasteiger partial charge on any atom is 0.255 e. The monoisotopic (exact) mass is 338 g/mol. The molecule has 1 fully saturated rings. The quantitative estimate of drug-likeness (QED) is 0.916. The van der Waals surface area contributed by atoms with Crippen LogP contribution in [0.5, 0.6) is 0 Å². The summed E-state index contributed by atoms with van der Waals surface area (Å²) in [7, 11) is 0. The standard InChI is InChI=1S/C20H22N2O3/c1-15-2-4-16(5-3-15)17-6-8-18(9-7-17)20(24)22-12-11-21-19(23)10-13-25-14-22/h2-9H,10-14H2,1H3,(H,21,23). The number of ether oxygens (including phenoxy) is 1. The maximum absolute atomic E-state index is 12.7. The average Bonchev–Trinajstić information content (AvgIpc) is 2.74. The van der Waals surface area contributed by atoms with Crippen molar-refractivity contribution >= 4 is 11.8 Å². The number of carbonyl (C=O) groups excluding carboxylic acids is 2. The van der Waals surface area contributed by atoms with Gasteiger partial charge in [-0.25, -0.2) is 0 Å². The van der Waals surface area contributed by atoms with Gasteiger partial charge in [0.25, 0.3) is 5.91 Å². The lowest BCUT2D eigenvalue weighted by atomic mass is 10.0. The molecule has 25 heavy (non-hydrogen) atoms. The van der Waals surface area contributed by atoms with E-state index in [0.29, 0.717) is 31.7 Å². The smallest absolute Gasteiger partial charge is 0.255 e. The predicted octanol–water partition coefficient (Wildman–Crippen LogP) is 2.60. The highest BCUT2D eigenvalue weighted by Crippen LogP contribution is 2.20. The number of nitrogens with zero attached hydrogens (tertiary/aromatic N) is 1. The van der Waals surface area contributed by atoms with Crippen molar-refractivity contribution in [3.63, 3.8) is 0 Å². The number of nitrogens with one attached hydrogen (secondary N) is 1. The molecule has 1 heterocycles. The molecular weight excluding hydrogens is 316 g/mol. The second-order valence-electron chi connectivity index (χ2n) is 6.15. The van der Waals surface area contributed by atoms with Gasteiger partial charge in [-0.15, -0.1) is 0 Å². The Labute approximate surface area is 147 Å². The fourth-order valence-corrected chi connectivity index (χ4v) is 2.72. The molecule has 2 amide bonds. The third-order valence-electron chi connectivity index (χ3n) is 4.23. The highest BCUT2D eigenvalue weighted by molar-refractivity contribution is 5.94. The van der Waals surface area contributed by atoms with Crippen LogP contribution in [-0.4, -0.2) is 43.1 Å². The van der Waals surface area contributed by atoms with Gasteiger partial charge in [-0.05, 0) is 30.2 Å². The summed E-state index contributed by atoms with van der Waals surface area (Å²) in [5.74, 6) is -0.136. The summed E-state index contributed by atoms with van der Waals surface area (Å²) >= 11 is 0. The molecule has 0 radical (unpaired) electrons. The molecule has 0 spiro atoms. The van der Waals surface area contributed by atoms with E-state index in [-0.39, 0.29) is 18.5 Å². The van der Waals surface area contributed by atoms with Crippen LogP contribution in [0, 0.1) is 6.92 Å². The Morgan fingerprint density at radius 3 is 2.36 bits per heavy atom. The van der Waals surface area contributed by atoms with E-state index in [1.165, 1.54) is 5.56 Å². The van der Waals surface area contributed by atoms with Crippen LogP contribution < -0.4 is 5.32 Å². The molecule has 3 rings (SSSR count). The van der Waals surface area contributed by atoms with Gasteiger partial charge in [0.1, 0.15) is 6.73 Å². The van der Waals surface area contributed by atoms with Crippen LogP contribution in [0.2, 0.25) is 0 Å². The molecule has 0 saturated carbocycles. The fourth-order valence-electron chi connectivity index (χ4n) is 2.72. The van der Waals surface area contributed by atoms with Crippen molar-refractivity contribution < 1.29 is 14.3 Å². The first-order chi connectivity index (χ1) is 12.1. The lowest BCUT2D eigenvalue weighted by Gasteiger charge is -2.21. The maximum atomic E-state index is 12.7. The topological polar surface area (TPSA) is 58.6 Å². The fraction of sp³-hybridized carbons (Fsp3) is 0.300. The molecule has 5 heteroatoms. The number of rotatable bonds is 2. The molecule has 0 aliphatic carbocycles. The minimum Gasteiger partial charge on any atom is -0.360 e. The summed E-state index contributed by atoms with van der Waals surface area (Å²) < 4.78 is 5.43. The molecule has 1 aliphatic rings. The Hall–Kier alpha value is -2.66. The van der Waals surface area contributed by atoms with E-state index in [1.807, 2.05) is 24.3 Å². The zero-order valence-corrected chi connectivity index (χ0v) is 14.3. The molecular formula is C20H22N2O3. The summed E-state index contributed by atoms with van der Waals surface area (Å²) in [6.45, 7) is 3.46. The Balaban J connectivity index is 1.71. The van der Waals surface area contributed by atoms with E-state index in [1.54, 1.807) is 4.90 Å². The van der Waals surface area contributed by atoms with Crippen LogP contribution in [0.1, 0.15) is 22.3 Å². The zero-order valence-electron chi connectivity index (χ0n) is 14.3. The van der Waals surface area contributed by atoms with Gasteiger partial charge in [-0.1, -0.05) is 42.0 Å². The van der Waals surface area contributed by atoms with E-state index < -0.39 is 0 Å². The van der Waals surface area contributed by atoms with E-state index in [9.17, 15) is 9.59 Å². The molecule has 2 aromatic carbocycles. The average molecular weight is 338 g/mol. The summed E-state index contributed by atoms with van der Waals surface area (Å²) in [4.78, 5) is 25.7. The number of hydrogen-bond donors (Lipinski definition) is 1. The van der Waals surface area contributed by atoms with Crippen molar-refractivity contribution in [2.75, 3.05) is 26.4 Å². The second kappa shape index (κ2) is 7.94. The third-order valence-corrected chi connectivity index (χ3v) is 4.23. The van der Waals surface area contributed by atoms with Crippen LogP contribution >= 0.6 is 0 Å². The molecule has 0 atom stereocenters. The van der Waals surface area contributed by atoms with Crippen molar-refractivity contribution in [1.29, 1.82) is 0 Å². The van der Waals surface area contributed by atoms with Crippen molar-refractivity contribution in [2.45, 2.75) is 13.3 Å². The minimum atomic E-state index is -0.0911. The Bertz CT molecular complexity index is 739. The van der Waals surface area contributed by atoms with E-state index in [0.717, 1.165) is 11.1 Å². The molecule has 5 nitrogen and oxygen atoms in total. The number of aryl methyl sites for hydroxylation is 1. The molecule has 1 saturated heterocycles. The summed E-state index contributed by atoms with van der Waals surface area (Å²) in [5, 5.41) is 2.78. The van der Waals surface area contributed by atoms with Crippen molar-refractivity contribution in [2.24, 2.45) is 0 Å². The van der Waals surface area contributed by atoms with Crippen LogP contribution in [-0.2, 0) is 9.53 Å². The Morgan fingerprint density at radius 2 is 1.68 bits per heavy atom. The summed E-state index contributed by atoms with van der Waals surface area (Å²) in [6, 6.07) is 15.9. The van der Waals surface area contributed by atoms with Crippen LogP contribution in [0.15, 0.2) is 48.5 Å². The first-order valence-corrected chi connectivity index (χ1v) is 8.44. The predicted molar refractivity (Wildman–Crippen MR) is 96.1 cm³/mol. The molecule has 130 valence electrons. The lowest BCUT2D eigenvalue weighted by molar-refractivity contribution is -0.121. The second-order valence-corrected chi connectivity index (χ2v) is 6.15. The lowest BCUT2D eigenvalue weighted by Crippen LogP contribution is -2.38. The Kier molecular flexibility index (Phi) is 5.46. The van der Waals surface area contributed by atoms with E-state index in [4.69, 9.17) is 4.74 Å². The van der Waals surface area contributed by atoms with E-state index >= 15 is 0 Å². The number of hydrogen-bond acceptors (Lipinski definition) is 3. The van der Waals surface area contributed by atoms with Gasteiger partial charge in [0.05, 0.1) is 13.0 Å². The summed E-state index contributed by atoms with van der Waals surface area (Å²) in [6.07, 6.45) is 0.327. The van der Waals surface area contributed by atoms with Crippen LogP contribution in [0.4, 0.5) is 0 Å². The largest absolute Gasteiger partial charge is 0.360 e. The highest BCUT2D eigenvalue weighted by Gasteiger charge is 2.17. The van der Waals surface area contributed by atoms with Gasteiger partial charge in [-0.2, -0.15) is 0 Å². The van der Waals surface area contributed by atoms with Gasteiger partial charge >= 0.3 is 0 Å². The van der Waals surface area contributed by atoms with Crippen molar-refractivity contribution in [3.05, 3.63) is 59.7 Å². The highest BCUT2D eigenvalue weighted by atomic mass is 16.5. The molecule has 1 N–H and O–H groups in total. The first-order valence-electron chi connectivity index (χ1n) is 8.44. The number of benzene rings is 2. The van der Waals surface area contributed by atoms with Gasteiger partial charge in [0.15, 0.2) is 0 Å². The molecule has 0 bridgehead atoms. The molecule has 2 aromatic rings. The zero-order chi connectivity index (χ0) is 17.6. The van der Waals surface area contributed by atoms with Crippen molar-refractivity contribution in [1.82, 2.24) is 10.2 Å². The Morgan fingerprint density at radius 1 is 1.04 bits per heavy atom. The minimum absolute atomic E-state index is 0.0447. The number of amides is 2. The molecule has 0 unspecified atom stereocenters. The third kappa shape index (κ3) is 4.45. The van der Waals surface area contributed by atoms with Crippen LogP contribution in [0.3, 0.4) is 0 Å². The first kappa shape index (κ1) is 17.2. The summed E-state index contributed by atoms with van der Waals surface area (Å²) in [5.41, 5.74) is 4.03. The van der Waals surface area contributed by atoms with Gasteiger partial charge in [0.2, 0.25) is 5.91 Å². The molecule has 1 aliphatic heterocycles.